The van der Waals surface area contributed by atoms with Crippen molar-refractivity contribution in [2.45, 2.75) is 25.9 Å². The van der Waals surface area contributed by atoms with Gasteiger partial charge in [0.1, 0.15) is 0 Å². The van der Waals surface area contributed by atoms with E-state index in [1.54, 1.807) is 0 Å². The van der Waals surface area contributed by atoms with Gasteiger partial charge >= 0.3 is 0 Å². The molecule has 0 aliphatic carbocycles. The van der Waals surface area contributed by atoms with Crippen molar-refractivity contribution < 1.29 is 5.11 Å². The summed E-state index contributed by atoms with van der Waals surface area (Å²) in [5.74, 6) is 0. The molecule has 0 radical (unpaired) electrons. The Kier molecular flexibility index (Phi) is 9.00. The summed E-state index contributed by atoms with van der Waals surface area (Å²) in [6, 6.07) is 0. The average molecular weight is 217 g/mol. The van der Waals surface area contributed by atoms with Gasteiger partial charge in [-0.15, -0.1) is 0 Å². The van der Waals surface area contributed by atoms with E-state index in [0.29, 0.717) is 0 Å². The molecule has 0 amide bonds. The summed E-state index contributed by atoms with van der Waals surface area (Å²) in [5.41, 5.74) is 5.49. The van der Waals surface area contributed by atoms with Gasteiger partial charge in [0.15, 0.2) is 0 Å². The van der Waals surface area contributed by atoms with Crippen molar-refractivity contribution in [3.05, 3.63) is 0 Å². The van der Waals surface area contributed by atoms with Gasteiger partial charge in [-0.1, -0.05) is 0 Å². The Balaban J connectivity index is 3.69. The maximum atomic E-state index is 9.35. The monoisotopic (exact) mass is 217 g/mol. The van der Waals surface area contributed by atoms with E-state index in [1.807, 2.05) is 6.92 Å². The van der Waals surface area contributed by atoms with Gasteiger partial charge in [0, 0.05) is 6.54 Å². The summed E-state index contributed by atoms with van der Waals surface area (Å²) in [6.07, 6.45) is 1.90. The van der Waals surface area contributed by atoms with Crippen LogP contribution in [0.4, 0.5) is 0 Å². The predicted octanol–water partition coefficient (Wildman–Crippen LogP) is -0.0303. The number of aliphatic hydroxyl groups is 1. The summed E-state index contributed by atoms with van der Waals surface area (Å²) in [6.45, 7) is 6.45. The zero-order valence-electron chi connectivity index (χ0n) is 10.4. The Bertz CT molecular complexity index is 140. The average Bonchev–Trinajstić information content (AvgIpc) is 2.12. The lowest BCUT2D eigenvalue weighted by Gasteiger charge is -2.24. The molecule has 0 heterocycles. The van der Waals surface area contributed by atoms with Gasteiger partial charge in [-0.3, -0.25) is 0 Å². The molecule has 0 aliphatic rings. The molecule has 0 aromatic carbocycles. The third-order valence-electron chi connectivity index (χ3n) is 2.28. The molecular weight excluding hydrogens is 190 g/mol. The fourth-order valence-electron chi connectivity index (χ4n) is 1.59. The van der Waals surface area contributed by atoms with Gasteiger partial charge in [0.05, 0.1) is 6.10 Å². The molecule has 0 saturated carbocycles. The third kappa shape index (κ3) is 10.1. The first kappa shape index (κ1) is 14.8. The summed E-state index contributed by atoms with van der Waals surface area (Å²) < 4.78 is 0. The lowest BCUT2D eigenvalue weighted by atomic mass is 10.3. The third-order valence-corrected chi connectivity index (χ3v) is 2.28. The highest BCUT2D eigenvalue weighted by molar-refractivity contribution is 4.62. The number of hydrogen-bond donors (Lipinski definition) is 2. The van der Waals surface area contributed by atoms with E-state index in [1.165, 1.54) is 0 Å². The minimum absolute atomic E-state index is 0.248. The first-order valence-corrected chi connectivity index (χ1v) is 5.81. The standard InChI is InChI=1S/C11H27N3O/c1-11(15)10-14(8-4-6-12)9-5-7-13(2)3/h11,15H,4-10,12H2,1-3H3. The molecule has 0 spiro atoms. The number of hydrogen-bond acceptors (Lipinski definition) is 4. The van der Waals surface area contributed by atoms with Crippen molar-refractivity contribution in [1.29, 1.82) is 0 Å². The summed E-state index contributed by atoms with van der Waals surface area (Å²) in [4.78, 5) is 4.48. The second-order valence-corrected chi connectivity index (χ2v) is 4.45. The molecule has 3 N–H and O–H groups in total. The summed E-state index contributed by atoms with van der Waals surface area (Å²) in [7, 11) is 4.16. The van der Waals surface area contributed by atoms with Crippen molar-refractivity contribution in [2.24, 2.45) is 5.73 Å². The molecule has 92 valence electrons. The van der Waals surface area contributed by atoms with Gasteiger partial charge in [-0.25, -0.2) is 0 Å². The Labute approximate surface area is 94.0 Å². The van der Waals surface area contributed by atoms with Crippen LogP contribution in [0.5, 0.6) is 0 Å². The minimum atomic E-state index is -0.248. The second-order valence-electron chi connectivity index (χ2n) is 4.45. The van der Waals surface area contributed by atoms with Crippen LogP contribution in [0.2, 0.25) is 0 Å². The Hall–Kier alpha value is -0.160. The topological polar surface area (TPSA) is 52.7 Å². The van der Waals surface area contributed by atoms with Crippen LogP contribution >= 0.6 is 0 Å². The van der Waals surface area contributed by atoms with Crippen LogP contribution in [0.15, 0.2) is 0 Å². The molecule has 0 aliphatic heterocycles. The van der Waals surface area contributed by atoms with Gasteiger partial charge in [-0.2, -0.15) is 0 Å². The number of aliphatic hydroxyl groups excluding tert-OH is 1. The zero-order chi connectivity index (χ0) is 11.7. The molecule has 15 heavy (non-hydrogen) atoms. The fourth-order valence-corrected chi connectivity index (χ4v) is 1.59. The maximum absolute atomic E-state index is 9.35. The summed E-state index contributed by atoms with van der Waals surface area (Å²) in [5, 5.41) is 9.35. The molecule has 0 fully saturated rings. The van der Waals surface area contributed by atoms with Crippen molar-refractivity contribution in [2.75, 3.05) is 46.8 Å². The number of nitrogens with two attached hydrogens (primary N) is 1. The lowest BCUT2D eigenvalue weighted by molar-refractivity contribution is 0.123. The predicted molar refractivity (Wildman–Crippen MR) is 65.0 cm³/mol. The van der Waals surface area contributed by atoms with Crippen LogP contribution in [-0.4, -0.2) is 67.8 Å². The van der Waals surface area contributed by atoms with Gasteiger partial charge < -0.3 is 20.6 Å². The molecule has 0 saturated heterocycles. The molecule has 0 aromatic rings. The molecule has 0 aromatic heterocycles. The molecule has 0 bridgehead atoms. The van der Waals surface area contributed by atoms with Gasteiger partial charge in [-0.05, 0) is 60.0 Å². The van der Waals surface area contributed by atoms with Crippen molar-refractivity contribution in [3.8, 4) is 0 Å². The van der Waals surface area contributed by atoms with Crippen molar-refractivity contribution >= 4 is 0 Å². The van der Waals surface area contributed by atoms with E-state index in [9.17, 15) is 5.11 Å². The largest absolute Gasteiger partial charge is 0.392 e. The van der Waals surface area contributed by atoms with Crippen LogP contribution in [0, 0.1) is 0 Å². The Morgan fingerprint density at radius 1 is 1.13 bits per heavy atom. The smallest absolute Gasteiger partial charge is 0.0639 e. The second kappa shape index (κ2) is 9.09. The Morgan fingerprint density at radius 3 is 2.20 bits per heavy atom. The first-order chi connectivity index (χ1) is 7.06. The highest BCUT2D eigenvalue weighted by atomic mass is 16.3. The fraction of sp³-hybridized carbons (Fsp3) is 1.00. The highest BCUT2D eigenvalue weighted by Gasteiger charge is 2.07. The maximum Gasteiger partial charge on any atom is 0.0639 e. The summed E-state index contributed by atoms with van der Waals surface area (Å²) >= 11 is 0. The van der Waals surface area contributed by atoms with E-state index in [4.69, 9.17) is 5.73 Å². The van der Waals surface area contributed by atoms with E-state index < -0.39 is 0 Å². The normalized spacial score (nSPS) is 13.8. The molecule has 1 atom stereocenters. The quantitative estimate of drug-likeness (QED) is 0.569. The van der Waals surface area contributed by atoms with Crippen LogP contribution in [0.3, 0.4) is 0 Å². The number of nitrogens with zero attached hydrogens (tertiary/aromatic N) is 2. The SMILES string of the molecule is CC(O)CN(CCCN)CCCN(C)C. The van der Waals surface area contributed by atoms with E-state index in [-0.39, 0.29) is 6.10 Å². The van der Waals surface area contributed by atoms with Crippen LogP contribution < -0.4 is 5.73 Å². The molecule has 4 nitrogen and oxygen atoms in total. The minimum Gasteiger partial charge on any atom is -0.392 e. The highest BCUT2D eigenvalue weighted by Crippen LogP contribution is 1.97. The number of rotatable bonds is 9. The molecule has 4 heteroatoms. The first-order valence-electron chi connectivity index (χ1n) is 5.81. The van der Waals surface area contributed by atoms with Crippen LogP contribution in [0.25, 0.3) is 0 Å². The molecule has 0 rings (SSSR count). The lowest BCUT2D eigenvalue weighted by Crippen LogP contribution is -2.34. The van der Waals surface area contributed by atoms with Gasteiger partial charge in [0.25, 0.3) is 0 Å². The van der Waals surface area contributed by atoms with Crippen LogP contribution in [-0.2, 0) is 0 Å². The molecular formula is C11H27N3O. The van der Waals surface area contributed by atoms with Crippen LogP contribution in [0.1, 0.15) is 19.8 Å². The zero-order valence-corrected chi connectivity index (χ0v) is 10.4. The van der Waals surface area contributed by atoms with Crippen molar-refractivity contribution in [3.63, 3.8) is 0 Å². The van der Waals surface area contributed by atoms with E-state index in [2.05, 4.69) is 23.9 Å². The van der Waals surface area contributed by atoms with E-state index in [0.717, 1.165) is 45.6 Å². The Morgan fingerprint density at radius 2 is 1.73 bits per heavy atom. The molecule has 1 unspecified atom stereocenters. The van der Waals surface area contributed by atoms with Crippen molar-refractivity contribution in [1.82, 2.24) is 9.80 Å². The van der Waals surface area contributed by atoms with E-state index >= 15 is 0 Å². The van der Waals surface area contributed by atoms with Gasteiger partial charge in [0.2, 0.25) is 0 Å².